The van der Waals surface area contributed by atoms with Crippen molar-refractivity contribution < 1.29 is 4.79 Å². The van der Waals surface area contributed by atoms with Gasteiger partial charge in [-0.1, -0.05) is 68.8 Å². The maximum absolute atomic E-state index is 12.4. The molecule has 2 nitrogen and oxygen atoms in total. The summed E-state index contributed by atoms with van der Waals surface area (Å²) in [6, 6.07) is 14.8. The molecule has 0 fully saturated rings. The van der Waals surface area contributed by atoms with Crippen LogP contribution in [0.15, 0.2) is 42.5 Å². The number of carbonyl (C=O) groups excluding carboxylic acids is 1. The molecule has 1 unspecified atom stereocenters. The van der Waals surface area contributed by atoms with Gasteiger partial charge in [-0.2, -0.15) is 0 Å². The van der Waals surface area contributed by atoms with Crippen molar-refractivity contribution in [1.82, 2.24) is 5.32 Å². The van der Waals surface area contributed by atoms with Crippen molar-refractivity contribution in [2.45, 2.75) is 59.4 Å². The molecule has 0 aliphatic carbocycles. The average Bonchev–Trinajstić information content (AvgIpc) is 2.50. The van der Waals surface area contributed by atoms with Crippen molar-refractivity contribution in [2.75, 3.05) is 0 Å². The summed E-state index contributed by atoms with van der Waals surface area (Å²) >= 11 is 0. The molecule has 2 aromatic carbocycles. The van der Waals surface area contributed by atoms with Crippen molar-refractivity contribution in [3.05, 3.63) is 70.3 Å². The summed E-state index contributed by atoms with van der Waals surface area (Å²) in [5, 5.41) is 3.11. The summed E-state index contributed by atoms with van der Waals surface area (Å²) in [6.45, 7) is 12.8. The molecule has 2 aromatic rings. The number of hydrogen-bond donors (Lipinski definition) is 1. The molecule has 0 aliphatic rings. The van der Waals surface area contributed by atoms with Gasteiger partial charge in [0.1, 0.15) is 0 Å². The number of nitrogens with one attached hydrogen (secondary N) is 1. The first kappa shape index (κ1) is 18.3. The third kappa shape index (κ3) is 4.70. The Morgan fingerprint density at radius 1 is 1.04 bits per heavy atom. The van der Waals surface area contributed by atoms with E-state index in [1.165, 1.54) is 11.1 Å². The molecule has 0 aromatic heterocycles. The second-order valence-corrected chi connectivity index (χ2v) is 7.77. The van der Waals surface area contributed by atoms with Crippen LogP contribution in [0.5, 0.6) is 0 Å². The largest absolute Gasteiger partial charge is 0.349 e. The second-order valence-electron chi connectivity index (χ2n) is 7.77. The SMILES string of the molecule is Cc1ccc(C)c(CC(=O)NC(C)c2ccc(C(C)(C)C)cc2)c1. The highest BCUT2D eigenvalue weighted by molar-refractivity contribution is 5.79. The number of hydrogen-bond acceptors (Lipinski definition) is 1. The first-order valence-electron chi connectivity index (χ1n) is 8.63. The number of amides is 1. The van der Waals surface area contributed by atoms with Crippen LogP contribution in [-0.4, -0.2) is 5.91 Å². The maximum Gasteiger partial charge on any atom is 0.224 e. The molecule has 0 saturated carbocycles. The smallest absolute Gasteiger partial charge is 0.224 e. The van der Waals surface area contributed by atoms with Gasteiger partial charge >= 0.3 is 0 Å². The van der Waals surface area contributed by atoms with Gasteiger partial charge in [-0.25, -0.2) is 0 Å². The Morgan fingerprint density at radius 3 is 2.25 bits per heavy atom. The summed E-state index contributed by atoms with van der Waals surface area (Å²) in [6.07, 6.45) is 0.429. The fourth-order valence-electron chi connectivity index (χ4n) is 2.81. The molecule has 0 aliphatic heterocycles. The van der Waals surface area contributed by atoms with Gasteiger partial charge in [-0.15, -0.1) is 0 Å². The number of carbonyl (C=O) groups is 1. The molecule has 24 heavy (non-hydrogen) atoms. The van der Waals surface area contributed by atoms with Crippen LogP contribution in [0.4, 0.5) is 0 Å². The first-order valence-corrected chi connectivity index (χ1v) is 8.63. The van der Waals surface area contributed by atoms with Gasteiger partial charge < -0.3 is 5.32 Å². The van der Waals surface area contributed by atoms with Crippen molar-refractivity contribution >= 4 is 5.91 Å². The van der Waals surface area contributed by atoms with Crippen LogP contribution in [-0.2, 0) is 16.6 Å². The monoisotopic (exact) mass is 323 g/mol. The van der Waals surface area contributed by atoms with Crippen molar-refractivity contribution in [3.8, 4) is 0 Å². The van der Waals surface area contributed by atoms with E-state index in [4.69, 9.17) is 0 Å². The van der Waals surface area contributed by atoms with E-state index in [0.29, 0.717) is 6.42 Å². The quantitative estimate of drug-likeness (QED) is 0.841. The predicted molar refractivity (Wildman–Crippen MR) is 101 cm³/mol. The Labute approximate surface area is 146 Å². The van der Waals surface area contributed by atoms with Gasteiger partial charge in [0, 0.05) is 0 Å². The Morgan fingerprint density at radius 2 is 1.67 bits per heavy atom. The zero-order valence-corrected chi connectivity index (χ0v) is 15.7. The van der Waals surface area contributed by atoms with Crippen molar-refractivity contribution in [3.63, 3.8) is 0 Å². The van der Waals surface area contributed by atoms with E-state index in [1.807, 2.05) is 6.92 Å². The minimum absolute atomic E-state index is 0.0108. The Balaban J connectivity index is 2.02. The van der Waals surface area contributed by atoms with Gasteiger partial charge in [0.25, 0.3) is 0 Å². The molecule has 128 valence electrons. The van der Waals surface area contributed by atoms with Gasteiger partial charge in [-0.3, -0.25) is 4.79 Å². The van der Waals surface area contributed by atoms with E-state index in [0.717, 1.165) is 16.7 Å². The van der Waals surface area contributed by atoms with Crippen LogP contribution < -0.4 is 5.32 Å². The highest BCUT2D eigenvalue weighted by atomic mass is 16.1. The molecule has 0 spiro atoms. The summed E-state index contributed by atoms with van der Waals surface area (Å²) in [5.41, 5.74) is 6.04. The molecule has 2 rings (SSSR count). The minimum atomic E-state index is 0.0108. The topological polar surface area (TPSA) is 29.1 Å². The zero-order valence-electron chi connectivity index (χ0n) is 15.7. The van der Waals surface area contributed by atoms with Gasteiger partial charge in [0.05, 0.1) is 12.5 Å². The van der Waals surface area contributed by atoms with Gasteiger partial charge in [0.15, 0.2) is 0 Å². The van der Waals surface area contributed by atoms with Crippen molar-refractivity contribution in [2.24, 2.45) is 0 Å². The highest BCUT2D eigenvalue weighted by Gasteiger charge is 2.15. The third-order valence-electron chi connectivity index (χ3n) is 4.51. The fraction of sp³-hybridized carbons (Fsp3) is 0.409. The molecule has 2 heteroatoms. The number of benzene rings is 2. The van der Waals surface area contributed by atoms with Gasteiger partial charge in [-0.05, 0) is 48.4 Å². The molecule has 1 N–H and O–H groups in total. The standard InChI is InChI=1S/C22H29NO/c1-15-7-8-16(2)19(13-15)14-21(24)23-17(3)18-9-11-20(12-10-18)22(4,5)6/h7-13,17H,14H2,1-6H3,(H,23,24). The molecular weight excluding hydrogens is 294 g/mol. The third-order valence-corrected chi connectivity index (χ3v) is 4.51. The van der Waals surface area contributed by atoms with E-state index >= 15 is 0 Å². The summed E-state index contributed by atoms with van der Waals surface area (Å²) < 4.78 is 0. The lowest BCUT2D eigenvalue weighted by Crippen LogP contribution is -2.28. The van der Waals surface area contributed by atoms with E-state index in [9.17, 15) is 4.79 Å². The molecule has 1 atom stereocenters. The Bertz CT molecular complexity index is 708. The Hall–Kier alpha value is -2.09. The summed E-state index contributed by atoms with van der Waals surface area (Å²) in [7, 11) is 0. The highest BCUT2D eigenvalue weighted by Crippen LogP contribution is 2.24. The van der Waals surface area contributed by atoms with Crippen LogP contribution in [0.25, 0.3) is 0 Å². The second kappa shape index (κ2) is 7.21. The predicted octanol–water partition coefficient (Wildman–Crippen LogP) is 5.02. The molecule has 0 bridgehead atoms. The number of rotatable bonds is 4. The van der Waals surface area contributed by atoms with Crippen LogP contribution in [0.2, 0.25) is 0 Å². The lowest BCUT2D eigenvalue weighted by molar-refractivity contribution is -0.121. The van der Waals surface area contributed by atoms with E-state index in [1.54, 1.807) is 0 Å². The minimum Gasteiger partial charge on any atom is -0.349 e. The molecule has 0 radical (unpaired) electrons. The average molecular weight is 323 g/mol. The molecule has 1 amide bonds. The van der Waals surface area contributed by atoms with E-state index in [-0.39, 0.29) is 17.4 Å². The summed E-state index contributed by atoms with van der Waals surface area (Å²) in [5.74, 6) is 0.0658. The lowest BCUT2D eigenvalue weighted by atomic mass is 9.86. The molecule has 0 heterocycles. The Kier molecular flexibility index (Phi) is 5.48. The maximum atomic E-state index is 12.4. The lowest BCUT2D eigenvalue weighted by Gasteiger charge is -2.21. The summed E-state index contributed by atoms with van der Waals surface area (Å²) in [4.78, 5) is 12.4. The molecular formula is C22H29NO. The van der Waals surface area contributed by atoms with Crippen LogP contribution in [0.3, 0.4) is 0 Å². The van der Waals surface area contributed by atoms with Crippen LogP contribution >= 0.6 is 0 Å². The van der Waals surface area contributed by atoms with Gasteiger partial charge in [0.2, 0.25) is 5.91 Å². The first-order chi connectivity index (χ1) is 11.2. The van der Waals surface area contributed by atoms with E-state index < -0.39 is 0 Å². The fourth-order valence-corrected chi connectivity index (χ4v) is 2.81. The van der Waals surface area contributed by atoms with E-state index in [2.05, 4.69) is 82.4 Å². The van der Waals surface area contributed by atoms with Crippen LogP contribution in [0.1, 0.15) is 61.6 Å². The van der Waals surface area contributed by atoms with Crippen LogP contribution in [0, 0.1) is 13.8 Å². The molecule has 0 saturated heterocycles. The normalized spacial score (nSPS) is 12.8. The number of aryl methyl sites for hydroxylation is 2. The zero-order chi connectivity index (χ0) is 17.9. The van der Waals surface area contributed by atoms with Crippen molar-refractivity contribution in [1.29, 1.82) is 0 Å².